The molecule has 0 aliphatic carbocycles. The van der Waals surface area contributed by atoms with Crippen LogP contribution in [0.25, 0.3) is 0 Å². The van der Waals surface area contributed by atoms with Crippen molar-refractivity contribution in [3.8, 4) is 5.75 Å². The summed E-state index contributed by atoms with van der Waals surface area (Å²) in [5.74, 6) is 0.570. The average Bonchev–Trinajstić information content (AvgIpc) is 2.79. The first-order valence-electron chi connectivity index (χ1n) is 9.65. The zero-order valence-electron chi connectivity index (χ0n) is 16.9. The Kier molecular flexibility index (Phi) is 5.64. The van der Waals surface area contributed by atoms with E-state index < -0.39 is 9.84 Å². The molecule has 0 amide bonds. The Morgan fingerprint density at radius 2 is 1.58 bits per heavy atom. The van der Waals surface area contributed by atoms with E-state index in [-0.39, 0.29) is 21.4 Å². The molecule has 4 rings (SSSR count). The van der Waals surface area contributed by atoms with Gasteiger partial charge in [0, 0.05) is 31.9 Å². The number of benzene rings is 2. The maximum Gasteiger partial charge on any atom is 0.227 e. The lowest BCUT2D eigenvalue weighted by molar-refractivity contribution is 0.414. The van der Waals surface area contributed by atoms with Gasteiger partial charge in [-0.3, -0.25) is 0 Å². The summed E-state index contributed by atoms with van der Waals surface area (Å²) in [5.41, 5.74) is 6.96. The van der Waals surface area contributed by atoms with Crippen LogP contribution in [0.2, 0.25) is 0 Å². The van der Waals surface area contributed by atoms with E-state index in [2.05, 4.69) is 14.9 Å². The number of sulfone groups is 1. The number of rotatable bonds is 5. The standard InChI is InChI=1S/C21H22FN5O3S/c1-30-17-6-8-18(9-7-17)31(28,29)19-14-24-21(25-20(19)23)27-12-10-26(11-13-27)16-4-2-15(22)3-5-16/h2-9,14H,10-13H2,1H3,(H2,23,24,25). The summed E-state index contributed by atoms with van der Waals surface area (Å²) in [6.07, 6.45) is 1.25. The predicted molar refractivity (Wildman–Crippen MR) is 116 cm³/mol. The van der Waals surface area contributed by atoms with Crippen molar-refractivity contribution in [2.45, 2.75) is 9.79 Å². The molecule has 1 fully saturated rings. The maximum absolute atomic E-state index is 13.1. The van der Waals surface area contributed by atoms with Crippen LogP contribution < -0.4 is 20.3 Å². The lowest BCUT2D eigenvalue weighted by atomic mass is 10.2. The Morgan fingerprint density at radius 3 is 2.16 bits per heavy atom. The third kappa shape index (κ3) is 4.24. The lowest BCUT2D eigenvalue weighted by Crippen LogP contribution is -2.47. The first-order valence-corrected chi connectivity index (χ1v) is 11.1. The maximum atomic E-state index is 13.1. The highest BCUT2D eigenvalue weighted by molar-refractivity contribution is 7.91. The van der Waals surface area contributed by atoms with Gasteiger partial charge >= 0.3 is 0 Å². The number of piperazine rings is 1. The highest BCUT2D eigenvalue weighted by Gasteiger charge is 2.25. The van der Waals surface area contributed by atoms with Gasteiger partial charge in [0.15, 0.2) is 0 Å². The van der Waals surface area contributed by atoms with Gasteiger partial charge in [-0.1, -0.05) is 0 Å². The smallest absolute Gasteiger partial charge is 0.227 e. The molecule has 0 spiro atoms. The van der Waals surface area contributed by atoms with Crippen molar-refractivity contribution in [3.63, 3.8) is 0 Å². The van der Waals surface area contributed by atoms with Crippen molar-refractivity contribution in [2.24, 2.45) is 0 Å². The number of nitrogen functional groups attached to an aromatic ring is 1. The molecular weight excluding hydrogens is 421 g/mol. The molecule has 8 nitrogen and oxygen atoms in total. The van der Waals surface area contributed by atoms with Crippen molar-refractivity contribution in [3.05, 3.63) is 60.5 Å². The lowest BCUT2D eigenvalue weighted by Gasteiger charge is -2.36. The molecule has 1 saturated heterocycles. The molecule has 0 unspecified atom stereocenters. The summed E-state index contributed by atoms with van der Waals surface area (Å²) >= 11 is 0. The quantitative estimate of drug-likeness (QED) is 0.641. The van der Waals surface area contributed by atoms with Crippen LogP contribution in [-0.4, -0.2) is 51.7 Å². The fourth-order valence-corrected chi connectivity index (χ4v) is 4.69. The fraction of sp³-hybridized carbons (Fsp3) is 0.238. The van der Waals surface area contributed by atoms with Gasteiger partial charge in [-0.15, -0.1) is 0 Å². The highest BCUT2D eigenvalue weighted by Crippen LogP contribution is 2.27. The molecule has 0 atom stereocenters. The summed E-state index contributed by atoms with van der Waals surface area (Å²) in [7, 11) is -2.35. The molecular formula is C21H22FN5O3S. The molecule has 1 aliphatic heterocycles. The minimum absolute atomic E-state index is 0.0873. The van der Waals surface area contributed by atoms with Gasteiger partial charge in [0.1, 0.15) is 22.3 Å². The molecule has 162 valence electrons. The Hall–Kier alpha value is -3.40. The zero-order chi connectivity index (χ0) is 22.0. The Balaban J connectivity index is 1.49. The molecule has 31 heavy (non-hydrogen) atoms. The largest absolute Gasteiger partial charge is 0.497 e. The Labute approximate surface area is 180 Å². The molecule has 3 aromatic rings. The van der Waals surface area contributed by atoms with Crippen LogP contribution in [0.3, 0.4) is 0 Å². The second-order valence-electron chi connectivity index (χ2n) is 7.05. The molecule has 2 heterocycles. The van der Waals surface area contributed by atoms with E-state index >= 15 is 0 Å². The van der Waals surface area contributed by atoms with Crippen LogP contribution in [-0.2, 0) is 9.84 Å². The fourth-order valence-electron chi connectivity index (χ4n) is 3.43. The number of nitrogens with zero attached hydrogens (tertiary/aromatic N) is 4. The van der Waals surface area contributed by atoms with E-state index in [4.69, 9.17) is 10.5 Å². The van der Waals surface area contributed by atoms with Crippen LogP contribution in [0.5, 0.6) is 5.75 Å². The zero-order valence-corrected chi connectivity index (χ0v) is 17.7. The third-order valence-corrected chi connectivity index (χ3v) is 6.97. The van der Waals surface area contributed by atoms with E-state index in [1.807, 2.05) is 4.90 Å². The van der Waals surface area contributed by atoms with Crippen LogP contribution in [0.4, 0.5) is 21.8 Å². The van der Waals surface area contributed by atoms with Crippen molar-refractivity contribution >= 4 is 27.3 Å². The normalized spacial score (nSPS) is 14.5. The van der Waals surface area contributed by atoms with Gasteiger partial charge in [0.2, 0.25) is 15.8 Å². The second kappa shape index (κ2) is 8.38. The first-order chi connectivity index (χ1) is 14.9. The Morgan fingerprint density at radius 1 is 0.968 bits per heavy atom. The average molecular weight is 444 g/mol. The van der Waals surface area contributed by atoms with E-state index in [9.17, 15) is 12.8 Å². The topological polar surface area (TPSA) is 102 Å². The number of halogens is 1. The number of hydrogen-bond acceptors (Lipinski definition) is 8. The summed E-state index contributed by atoms with van der Waals surface area (Å²) in [6.45, 7) is 2.64. The number of ether oxygens (including phenoxy) is 1. The van der Waals surface area contributed by atoms with Crippen molar-refractivity contribution in [2.75, 3.05) is 48.8 Å². The van der Waals surface area contributed by atoms with E-state index in [0.29, 0.717) is 37.9 Å². The molecule has 1 aromatic heterocycles. The molecule has 0 radical (unpaired) electrons. The number of nitrogens with two attached hydrogens (primary N) is 1. The second-order valence-corrected chi connectivity index (χ2v) is 8.97. The first kappa shape index (κ1) is 20.9. The number of methoxy groups -OCH3 is 1. The van der Waals surface area contributed by atoms with Gasteiger partial charge in [0.05, 0.1) is 18.2 Å². The van der Waals surface area contributed by atoms with Crippen molar-refractivity contribution in [1.29, 1.82) is 0 Å². The van der Waals surface area contributed by atoms with Gasteiger partial charge in [-0.2, -0.15) is 4.98 Å². The number of aromatic nitrogens is 2. The molecule has 2 aromatic carbocycles. The Bertz CT molecular complexity index is 1160. The van der Waals surface area contributed by atoms with Crippen molar-refractivity contribution in [1.82, 2.24) is 9.97 Å². The van der Waals surface area contributed by atoms with Gasteiger partial charge in [-0.05, 0) is 48.5 Å². The molecule has 10 heteroatoms. The van der Waals surface area contributed by atoms with E-state index in [1.165, 1.54) is 37.6 Å². The van der Waals surface area contributed by atoms with Crippen LogP contribution in [0.1, 0.15) is 0 Å². The van der Waals surface area contributed by atoms with Crippen LogP contribution >= 0.6 is 0 Å². The monoisotopic (exact) mass is 443 g/mol. The minimum Gasteiger partial charge on any atom is -0.497 e. The molecule has 0 saturated carbocycles. The third-order valence-electron chi connectivity index (χ3n) is 5.18. The SMILES string of the molecule is COc1ccc(S(=O)(=O)c2cnc(N3CCN(c4ccc(F)cc4)CC3)nc2N)cc1. The molecule has 2 N–H and O–H groups in total. The summed E-state index contributed by atoms with van der Waals surface area (Å²) in [4.78, 5) is 12.6. The van der Waals surface area contributed by atoms with Gasteiger partial charge in [0.25, 0.3) is 0 Å². The summed E-state index contributed by atoms with van der Waals surface area (Å²) in [5, 5.41) is 0. The van der Waals surface area contributed by atoms with E-state index in [0.717, 1.165) is 5.69 Å². The van der Waals surface area contributed by atoms with Gasteiger partial charge < -0.3 is 20.3 Å². The van der Waals surface area contributed by atoms with Crippen molar-refractivity contribution < 1.29 is 17.5 Å². The number of anilines is 3. The molecule has 1 aliphatic rings. The van der Waals surface area contributed by atoms with E-state index in [1.54, 1.807) is 24.3 Å². The summed E-state index contributed by atoms with van der Waals surface area (Å²) < 4.78 is 44.0. The summed E-state index contributed by atoms with van der Waals surface area (Å²) in [6, 6.07) is 12.4. The van der Waals surface area contributed by atoms with Gasteiger partial charge in [-0.25, -0.2) is 17.8 Å². The molecule has 0 bridgehead atoms. The highest BCUT2D eigenvalue weighted by atomic mass is 32.2. The van der Waals surface area contributed by atoms with Crippen LogP contribution in [0.15, 0.2) is 64.5 Å². The van der Waals surface area contributed by atoms with Crippen LogP contribution in [0, 0.1) is 5.82 Å². The minimum atomic E-state index is -3.85. The predicted octanol–water partition coefficient (Wildman–Crippen LogP) is 2.37. The number of hydrogen-bond donors (Lipinski definition) is 1.